The molecule has 5 rings (SSSR count). The average Bonchev–Trinajstić information content (AvgIpc) is 3.30. The molecule has 1 aliphatic carbocycles. The number of aryl methyl sites for hydroxylation is 3. The number of aliphatic hydroxyl groups excluding tert-OH is 1. The van der Waals surface area contributed by atoms with Gasteiger partial charge in [-0.15, -0.1) is 5.10 Å². The van der Waals surface area contributed by atoms with E-state index < -0.39 is 29.5 Å². The van der Waals surface area contributed by atoms with Crippen molar-refractivity contribution in [1.29, 1.82) is 0 Å². The first-order chi connectivity index (χ1) is 21.1. The number of alkyl halides is 6. The van der Waals surface area contributed by atoms with Crippen LogP contribution < -0.4 is 9.80 Å². The van der Waals surface area contributed by atoms with Crippen molar-refractivity contribution in [3.05, 3.63) is 76.1 Å². The molecule has 0 radical (unpaired) electrons. The first kappa shape index (κ1) is 32.6. The number of fused-ring (bicyclic) bond motifs is 1. The molecule has 0 unspecified atom stereocenters. The summed E-state index contributed by atoms with van der Waals surface area (Å²) in [7, 11) is 1.55. The largest absolute Gasteiger partial charge is 0.513 e. The molecular weight excluding hydrogens is 598 g/mol. The Balaban J connectivity index is 1.55. The SMILES string of the molecule is C=C(O)C1CCC(CN2CCC[C@H](N(Cc3cc(C(F)(F)F)cc(C(F)(F)F)c3)c3nnn(C)n3)c3cc(C)cc(C)c32)CC1. The van der Waals surface area contributed by atoms with Crippen LogP contribution in [0, 0.1) is 25.7 Å². The fourth-order valence-corrected chi connectivity index (χ4v) is 6.93. The topological polar surface area (TPSA) is 70.3 Å². The Morgan fingerprint density at radius 2 is 1.60 bits per heavy atom. The third-order valence-electron chi connectivity index (χ3n) is 8.98. The van der Waals surface area contributed by atoms with Crippen molar-refractivity contribution in [3.8, 4) is 0 Å². The molecule has 0 saturated heterocycles. The quantitative estimate of drug-likeness (QED) is 0.209. The highest BCUT2D eigenvalue weighted by Gasteiger charge is 2.38. The van der Waals surface area contributed by atoms with Crippen LogP contribution in [0.15, 0.2) is 42.7 Å². The summed E-state index contributed by atoms with van der Waals surface area (Å²) >= 11 is 0. The molecule has 45 heavy (non-hydrogen) atoms. The number of allylic oxidation sites excluding steroid dienone is 1. The Bertz CT molecular complexity index is 1490. The van der Waals surface area contributed by atoms with E-state index in [4.69, 9.17) is 0 Å². The molecule has 2 aromatic carbocycles. The summed E-state index contributed by atoms with van der Waals surface area (Å²) in [4.78, 5) is 5.28. The number of aliphatic hydroxyl groups is 1. The van der Waals surface area contributed by atoms with Crippen LogP contribution in [0.4, 0.5) is 38.0 Å². The molecule has 2 heterocycles. The summed E-state index contributed by atoms with van der Waals surface area (Å²) in [5, 5.41) is 22.3. The van der Waals surface area contributed by atoms with Crippen LogP contribution in [0.2, 0.25) is 0 Å². The van der Waals surface area contributed by atoms with E-state index in [1.54, 1.807) is 11.9 Å². The number of halogens is 6. The van der Waals surface area contributed by atoms with E-state index in [0.29, 0.717) is 12.3 Å². The molecule has 1 saturated carbocycles. The number of aromatic nitrogens is 4. The Morgan fingerprint density at radius 1 is 0.956 bits per heavy atom. The maximum Gasteiger partial charge on any atom is 0.416 e. The van der Waals surface area contributed by atoms with Gasteiger partial charge in [0, 0.05) is 31.2 Å². The Labute approximate surface area is 258 Å². The zero-order valence-corrected chi connectivity index (χ0v) is 25.6. The Morgan fingerprint density at radius 3 is 2.16 bits per heavy atom. The molecule has 13 heteroatoms. The van der Waals surface area contributed by atoms with Crippen LogP contribution in [-0.4, -0.2) is 38.4 Å². The highest BCUT2D eigenvalue weighted by molar-refractivity contribution is 5.64. The van der Waals surface area contributed by atoms with Crippen molar-refractivity contribution in [1.82, 2.24) is 20.2 Å². The first-order valence-electron chi connectivity index (χ1n) is 15.1. The number of hydrogen-bond acceptors (Lipinski definition) is 6. The van der Waals surface area contributed by atoms with Gasteiger partial charge in [0.2, 0.25) is 0 Å². The van der Waals surface area contributed by atoms with Gasteiger partial charge in [-0.1, -0.05) is 29.4 Å². The third kappa shape index (κ3) is 7.38. The molecule has 1 aliphatic heterocycles. The number of rotatable bonds is 7. The summed E-state index contributed by atoms with van der Waals surface area (Å²) in [5.74, 6) is 0.890. The van der Waals surface area contributed by atoms with Crippen molar-refractivity contribution >= 4 is 11.6 Å². The molecule has 244 valence electrons. The lowest BCUT2D eigenvalue weighted by atomic mass is 9.81. The minimum Gasteiger partial charge on any atom is -0.513 e. The molecule has 1 N–H and O–H groups in total. The fourth-order valence-electron chi connectivity index (χ4n) is 6.93. The number of tetrazole rings is 1. The minimum atomic E-state index is -4.96. The summed E-state index contributed by atoms with van der Waals surface area (Å²) in [6.45, 7) is 8.96. The maximum atomic E-state index is 13.7. The predicted molar refractivity (Wildman–Crippen MR) is 159 cm³/mol. The normalized spacial score (nSPS) is 20.9. The van der Waals surface area contributed by atoms with Crippen LogP contribution in [0.1, 0.15) is 77.9 Å². The summed E-state index contributed by atoms with van der Waals surface area (Å²) in [6.07, 6.45) is -4.95. The van der Waals surface area contributed by atoms with Crippen LogP contribution in [0.5, 0.6) is 0 Å². The number of hydrogen-bond donors (Lipinski definition) is 1. The van der Waals surface area contributed by atoms with Gasteiger partial charge in [-0.2, -0.15) is 31.1 Å². The molecule has 7 nitrogen and oxygen atoms in total. The van der Waals surface area contributed by atoms with Gasteiger partial charge >= 0.3 is 12.4 Å². The standard InChI is InChI=1S/C32H38F6N6O/c1-19-12-20(2)29-27(13-19)28(6-5-11-43(29)17-22-7-9-24(10-8-22)21(3)45)44(30-39-41-42(4)40-30)18-23-14-25(31(33,34)35)16-26(15-23)32(36,37)38/h12-16,22,24,28,45H,3,5-11,17-18H2,1-2,4H3/t22?,24?,28-/m0/s1. The van der Waals surface area contributed by atoms with Gasteiger partial charge in [-0.25, -0.2) is 0 Å². The van der Waals surface area contributed by atoms with E-state index in [1.807, 2.05) is 13.8 Å². The van der Waals surface area contributed by atoms with Gasteiger partial charge in [-0.05, 0) is 98.4 Å². The second-order valence-corrected chi connectivity index (χ2v) is 12.5. The molecule has 1 fully saturated rings. The lowest BCUT2D eigenvalue weighted by Gasteiger charge is -2.36. The lowest BCUT2D eigenvalue weighted by molar-refractivity contribution is -0.143. The minimum absolute atomic E-state index is 0.119. The van der Waals surface area contributed by atoms with Crippen molar-refractivity contribution < 1.29 is 31.4 Å². The highest BCUT2D eigenvalue weighted by atomic mass is 19.4. The van der Waals surface area contributed by atoms with Gasteiger partial charge in [0.15, 0.2) is 0 Å². The summed E-state index contributed by atoms with van der Waals surface area (Å²) in [5.41, 5.74) is 1.10. The van der Waals surface area contributed by atoms with Crippen LogP contribution in [0.25, 0.3) is 0 Å². The smallest absolute Gasteiger partial charge is 0.416 e. The van der Waals surface area contributed by atoms with E-state index in [2.05, 4.69) is 39.0 Å². The third-order valence-corrected chi connectivity index (χ3v) is 8.98. The lowest BCUT2D eigenvalue weighted by Crippen LogP contribution is -2.33. The van der Waals surface area contributed by atoms with Crippen molar-refractivity contribution in [2.45, 2.75) is 77.3 Å². The van der Waals surface area contributed by atoms with E-state index in [9.17, 15) is 31.4 Å². The van der Waals surface area contributed by atoms with E-state index in [1.165, 1.54) is 4.80 Å². The van der Waals surface area contributed by atoms with Crippen LogP contribution in [-0.2, 0) is 25.9 Å². The first-order valence-corrected chi connectivity index (χ1v) is 15.1. The molecule has 0 amide bonds. The molecule has 0 spiro atoms. The zero-order chi connectivity index (χ0) is 32.7. The highest BCUT2D eigenvalue weighted by Crippen LogP contribution is 2.43. The van der Waals surface area contributed by atoms with E-state index in [-0.39, 0.29) is 35.8 Å². The average molecular weight is 637 g/mol. The van der Waals surface area contributed by atoms with Gasteiger partial charge in [0.05, 0.1) is 30.0 Å². The van der Waals surface area contributed by atoms with Crippen molar-refractivity contribution in [2.75, 3.05) is 22.9 Å². The molecule has 3 aromatic rings. The molecule has 0 bridgehead atoms. The second-order valence-electron chi connectivity index (χ2n) is 12.5. The van der Waals surface area contributed by atoms with Gasteiger partial charge in [-0.3, -0.25) is 0 Å². The summed E-state index contributed by atoms with van der Waals surface area (Å²) < 4.78 is 82.5. The molecule has 1 aromatic heterocycles. The predicted octanol–water partition coefficient (Wildman–Crippen LogP) is 8.09. The van der Waals surface area contributed by atoms with Gasteiger partial charge in [0.25, 0.3) is 5.95 Å². The Hall–Kier alpha value is -3.77. The monoisotopic (exact) mass is 636 g/mol. The number of anilines is 2. The van der Waals surface area contributed by atoms with Gasteiger partial charge in [0.1, 0.15) is 0 Å². The molecular formula is C32H38F6N6O. The van der Waals surface area contributed by atoms with Crippen LogP contribution in [0.3, 0.4) is 0 Å². The van der Waals surface area contributed by atoms with Crippen LogP contribution >= 0.6 is 0 Å². The van der Waals surface area contributed by atoms with Crippen molar-refractivity contribution in [3.63, 3.8) is 0 Å². The zero-order valence-electron chi connectivity index (χ0n) is 25.6. The van der Waals surface area contributed by atoms with Crippen molar-refractivity contribution in [2.24, 2.45) is 18.9 Å². The summed E-state index contributed by atoms with van der Waals surface area (Å²) in [6, 6.07) is 5.38. The van der Waals surface area contributed by atoms with E-state index >= 15 is 0 Å². The Kier molecular flexibility index (Phi) is 9.10. The van der Waals surface area contributed by atoms with E-state index in [0.717, 1.165) is 79.7 Å². The number of nitrogens with zero attached hydrogens (tertiary/aromatic N) is 6. The van der Waals surface area contributed by atoms with Gasteiger partial charge < -0.3 is 14.9 Å². The molecule has 1 atom stereocenters. The second kappa shape index (κ2) is 12.6. The fraction of sp³-hybridized carbons (Fsp3) is 0.531. The number of benzene rings is 2. The molecule has 2 aliphatic rings. The maximum absolute atomic E-state index is 13.7.